The van der Waals surface area contributed by atoms with E-state index in [-0.39, 0.29) is 43.2 Å². The van der Waals surface area contributed by atoms with Crippen LogP contribution in [0.25, 0.3) is 0 Å². The smallest absolute Gasteiger partial charge is 0.434 e. The fraction of sp³-hybridized carbons (Fsp3) is 0.500. The van der Waals surface area contributed by atoms with Crippen LogP contribution in [0.15, 0.2) is 16.5 Å². The third-order valence-electron chi connectivity index (χ3n) is 4.84. The van der Waals surface area contributed by atoms with E-state index in [1.54, 1.807) is 0 Å². The molecular weight excluding hydrogens is 463 g/mol. The summed E-state index contributed by atoms with van der Waals surface area (Å²) in [6, 6.07) is 1.85. The summed E-state index contributed by atoms with van der Waals surface area (Å²) in [5.41, 5.74) is -0.530. The van der Waals surface area contributed by atoms with Crippen molar-refractivity contribution in [2.24, 2.45) is 4.36 Å². The monoisotopic (exact) mass is 482 g/mol. The third-order valence-corrected chi connectivity index (χ3v) is 6.68. The summed E-state index contributed by atoms with van der Waals surface area (Å²) >= 11 is 0. The van der Waals surface area contributed by atoms with Crippen molar-refractivity contribution in [1.29, 1.82) is 0 Å². The van der Waals surface area contributed by atoms with Gasteiger partial charge in [-0.1, -0.05) is 10.7 Å². The first-order valence-electron chi connectivity index (χ1n) is 9.45. The number of carbonyl (C=O) groups is 3. The Hall–Kier alpha value is -2.77. The number of nitrogens with zero attached hydrogens (tertiary/aromatic N) is 3. The van der Waals surface area contributed by atoms with Crippen LogP contribution in [0.5, 0.6) is 0 Å². The summed E-state index contributed by atoms with van der Waals surface area (Å²) in [5.74, 6) is -4.46. The highest BCUT2D eigenvalue weighted by molar-refractivity contribution is 7.87. The first-order chi connectivity index (χ1) is 15.0. The standard InChI is InChI=1S/C18H19F5N4O4S/c1-24-15(28)13-9-27(17(30)31-13)10-7-11(19)14(12(20)8-10)26-3-2-5-32(6-4-26)25-16(29)18(21,22)23/h7-8,13H,2-6,9H2,1H3,(H,24,28). The summed E-state index contributed by atoms with van der Waals surface area (Å²) in [6.07, 6.45) is -6.82. The van der Waals surface area contributed by atoms with Gasteiger partial charge in [-0.2, -0.15) is 17.5 Å². The zero-order chi connectivity index (χ0) is 23.6. The molecule has 3 rings (SSSR count). The van der Waals surface area contributed by atoms with Gasteiger partial charge in [-0.3, -0.25) is 14.5 Å². The van der Waals surface area contributed by atoms with Crippen LogP contribution >= 0.6 is 0 Å². The molecule has 0 aromatic heterocycles. The van der Waals surface area contributed by atoms with Gasteiger partial charge in [0.15, 0.2) is 17.7 Å². The normalized spacial score (nSPS) is 22.0. The summed E-state index contributed by atoms with van der Waals surface area (Å²) in [6.45, 7) is -0.0790. The molecule has 1 N–H and O–H groups in total. The second-order valence-corrected chi connectivity index (χ2v) is 8.88. The van der Waals surface area contributed by atoms with Gasteiger partial charge in [0.05, 0.1) is 12.2 Å². The van der Waals surface area contributed by atoms with Gasteiger partial charge < -0.3 is 15.0 Å². The Bertz CT molecular complexity index is 948. The molecule has 2 atom stereocenters. The molecule has 0 bridgehead atoms. The predicted molar refractivity (Wildman–Crippen MR) is 105 cm³/mol. The van der Waals surface area contributed by atoms with E-state index in [4.69, 9.17) is 4.74 Å². The van der Waals surface area contributed by atoms with Crippen LogP contribution < -0.4 is 15.1 Å². The van der Waals surface area contributed by atoms with E-state index in [0.29, 0.717) is 0 Å². The van der Waals surface area contributed by atoms with Crippen LogP contribution in [0, 0.1) is 11.6 Å². The lowest BCUT2D eigenvalue weighted by atomic mass is 10.2. The minimum absolute atomic E-state index is 0.00453. The minimum atomic E-state index is -5.05. The van der Waals surface area contributed by atoms with Crippen LogP contribution in [0.2, 0.25) is 0 Å². The Kier molecular flexibility index (Phi) is 7.00. The van der Waals surface area contributed by atoms with Crippen LogP contribution in [0.3, 0.4) is 0 Å². The lowest BCUT2D eigenvalue weighted by Crippen LogP contribution is -2.35. The maximum absolute atomic E-state index is 14.8. The first kappa shape index (κ1) is 23.9. The number of alkyl halides is 3. The topological polar surface area (TPSA) is 91.3 Å². The van der Waals surface area contributed by atoms with Crippen molar-refractivity contribution in [2.45, 2.75) is 18.7 Å². The molecule has 2 aliphatic rings. The molecule has 0 radical (unpaired) electrons. The number of hydrogen-bond donors (Lipinski definition) is 1. The van der Waals surface area contributed by atoms with E-state index in [0.717, 1.165) is 17.0 Å². The third kappa shape index (κ3) is 5.16. The molecule has 2 fully saturated rings. The zero-order valence-corrected chi connectivity index (χ0v) is 17.6. The lowest BCUT2D eigenvalue weighted by Gasteiger charge is -2.24. The van der Waals surface area contributed by atoms with E-state index in [1.807, 2.05) is 0 Å². The van der Waals surface area contributed by atoms with Gasteiger partial charge in [-0.25, -0.2) is 13.6 Å². The van der Waals surface area contributed by atoms with E-state index in [1.165, 1.54) is 11.9 Å². The molecule has 2 aliphatic heterocycles. The molecule has 0 spiro atoms. The molecule has 0 aliphatic carbocycles. The molecule has 2 heterocycles. The number of amides is 3. The number of anilines is 2. The van der Waals surface area contributed by atoms with Crippen LogP contribution in [-0.2, 0) is 25.0 Å². The van der Waals surface area contributed by atoms with E-state index in [9.17, 15) is 36.3 Å². The van der Waals surface area contributed by atoms with Gasteiger partial charge in [0, 0.05) is 43.8 Å². The van der Waals surface area contributed by atoms with Gasteiger partial charge in [0.25, 0.3) is 5.91 Å². The quantitative estimate of drug-likeness (QED) is 0.667. The van der Waals surface area contributed by atoms with E-state index >= 15 is 0 Å². The molecule has 176 valence electrons. The number of ether oxygens (including phenoxy) is 1. The summed E-state index contributed by atoms with van der Waals surface area (Å²) < 4.78 is 75.0. The Morgan fingerprint density at radius 2 is 1.84 bits per heavy atom. The van der Waals surface area contributed by atoms with Crippen LogP contribution in [0.4, 0.5) is 38.1 Å². The second-order valence-electron chi connectivity index (χ2n) is 6.96. The number of halogens is 5. The van der Waals surface area contributed by atoms with Crippen molar-refractivity contribution < 1.29 is 41.1 Å². The molecule has 8 nitrogen and oxygen atoms in total. The van der Waals surface area contributed by atoms with Crippen molar-refractivity contribution >= 4 is 40.0 Å². The number of hydrogen-bond acceptors (Lipinski definition) is 5. The van der Waals surface area contributed by atoms with Crippen LogP contribution in [-0.4, -0.2) is 68.4 Å². The van der Waals surface area contributed by atoms with Crippen LogP contribution in [0.1, 0.15) is 6.42 Å². The van der Waals surface area contributed by atoms with Crippen molar-refractivity contribution in [3.05, 3.63) is 23.8 Å². The number of benzene rings is 1. The molecule has 0 saturated carbocycles. The number of cyclic esters (lactones) is 1. The maximum Gasteiger partial charge on any atom is 0.474 e. The summed E-state index contributed by atoms with van der Waals surface area (Å²) in [4.78, 5) is 37.0. The molecule has 1 aromatic carbocycles. The molecule has 2 saturated heterocycles. The lowest BCUT2D eigenvalue weighted by molar-refractivity contribution is -0.169. The molecule has 2 unspecified atom stereocenters. The minimum Gasteiger partial charge on any atom is -0.434 e. The van der Waals surface area contributed by atoms with Crippen molar-refractivity contribution in [3.8, 4) is 0 Å². The van der Waals surface area contributed by atoms with E-state index < -0.39 is 58.2 Å². The summed E-state index contributed by atoms with van der Waals surface area (Å²) in [7, 11) is 0.147. The molecule has 14 heteroatoms. The molecule has 1 aromatic rings. The zero-order valence-electron chi connectivity index (χ0n) is 16.7. The SMILES string of the molecule is CNC(=O)C1CN(c2cc(F)c(N3CCCS(=NC(=O)C(F)(F)F)CC3)c(F)c2)C(=O)O1. The fourth-order valence-corrected chi connectivity index (χ4v) is 4.93. The number of carbonyl (C=O) groups excluding carboxylic acids is 3. The average Bonchev–Trinajstić information content (AvgIpc) is 2.96. The fourth-order valence-electron chi connectivity index (χ4n) is 3.32. The van der Waals surface area contributed by atoms with Crippen molar-refractivity contribution in [3.63, 3.8) is 0 Å². The second kappa shape index (κ2) is 9.38. The highest BCUT2D eigenvalue weighted by Crippen LogP contribution is 2.31. The van der Waals surface area contributed by atoms with Crippen molar-refractivity contribution in [2.75, 3.05) is 48.0 Å². The molecule has 32 heavy (non-hydrogen) atoms. The van der Waals surface area contributed by atoms with Crippen molar-refractivity contribution in [1.82, 2.24) is 5.32 Å². The number of likely N-dealkylation sites (N-methyl/N-ethyl adjacent to an activating group) is 1. The molecule has 3 amide bonds. The highest BCUT2D eigenvalue weighted by Gasteiger charge is 2.39. The van der Waals surface area contributed by atoms with Gasteiger partial charge >= 0.3 is 18.2 Å². The Morgan fingerprint density at radius 1 is 1.19 bits per heavy atom. The first-order valence-corrected chi connectivity index (χ1v) is 11.0. The average molecular weight is 482 g/mol. The molecular formula is C18H19F5N4O4S. The van der Waals surface area contributed by atoms with Gasteiger partial charge in [-0.15, -0.1) is 0 Å². The van der Waals surface area contributed by atoms with Gasteiger partial charge in [-0.05, 0) is 6.42 Å². The Labute approximate surface area is 181 Å². The van der Waals surface area contributed by atoms with Gasteiger partial charge in [0.1, 0.15) is 5.69 Å². The van der Waals surface area contributed by atoms with E-state index in [2.05, 4.69) is 9.68 Å². The predicted octanol–water partition coefficient (Wildman–Crippen LogP) is 2.14. The number of rotatable bonds is 3. The Balaban J connectivity index is 1.77. The van der Waals surface area contributed by atoms with Gasteiger partial charge in [0.2, 0.25) is 0 Å². The number of nitrogens with one attached hydrogen (secondary N) is 1. The largest absolute Gasteiger partial charge is 0.474 e. The summed E-state index contributed by atoms with van der Waals surface area (Å²) in [5, 5.41) is 2.32. The maximum atomic E-state index is 14.8. The highest BCUT2D eigenvalue weighted by atomic mass is 32.2. The Morgan fingerprint density at radius 3 is 2.44 bits per heavy atom.